The van der Waals surface area contributed by atoms with E-state index in [1.807, 2.05) is 24.3 Å². The highest BCUT2D eigenvalue weighted by Crippen LogP contribution is 2.36. The molecule has 1 fully saturated rings. The molecule has 2 atom stereocenters. The Hall–Kier alpha value is -2.97. The molecule has 4 rings (SSSR count). The fraction of sp³-hybridized carbons (Fsp3) is 0.452. The first kappa shape index (κ1) is 29.0. The molecule has 6 nitrogen and oxygen atoms in total. The number of carbonyl (C=O) groups is 3. The third kappa shape index (κ3) is 6.61. The number of piperidine rings is 1. The molecule has 2 N–H and O–H groups in total. The molecule has 2 heterocycles. The van der Waals surface area contributed by atoms with Gasteiger partial charge in [0.2, 0.25) is 11.8 Å². The summed E-state index contributed by atoms with van der Waals surface area (Å²) in [5, 5.41) is 6.02. The fourth-order valence-electron chi connectivity index (χ4n) is 5.68. The van der Waals surface area contributed by atoms with Crippen LogP contribution >= 0.6 is 11.8 Å². The average Bonchev–Trinajstić information content (AvgIpc) is 3.23. The summed E-state index contributed by atoms with van der Waals surface area (Å²) in [4.78, 5) is 39.4. The molecule has 3 amide bonds. The second-order valence-corrected chi connectivity index (χ2v) is 11.8. The van der Waals surface area contributed by atoms with Crippen LogP contribution in [-0.4, -0.2) is 34.2 Å². The molecule has 0 saturated carbocycles. The molecule has 2 aromatic rings. The van der Waals surface area contributed by atoms with E-state index in [4.69, 9.17) is 0 Å². The normalized spacial score (nSPS) is 18.6. The van der Waals surface area contributed by atoms with E-state index in [1.165, 1.54) is 11.8 Å². The molecular weight excluding hydrogens is 513 g/mol. The number of halogens is 1. The maximum atomic E-state index is 15.1. The Balaban J connectivity index is 1.42. The van der Waals surface area contributed by atoms with Crippen molar-refractivity contribution in [2.45, 2.75) is 94.6 Å². The van der Waals surface area contributed by atoms with Crippen LogP contribution in [0.15, 0.2) is 53.4 Å². The molecule has 0 radical (unpaired) electrons. The lowest BCUT2D eigenvalue weighted by molar-refractivity contribution is -0.136. The third-order valence-corrected chi connectivity index (χ3v) is 8.90. The first-order chi connectivity index (χ1) is 18.7. The Kier molecular flexibility index (Phi) is 9.28. The number of hydrogen-bond donors (Lipinski definition) is 2. The number of fused-ring (bicyclic) bond motifs is 1. The number of nitrogens with zero attached hydrogens (tertiary/aromatic N) is 1. The van der Waals surface area contributed by atoms with Gasteiger partial charge in [-0.15, -0.1) is 18.3 Å². The Morgan fingerprint density at radius 2 is 2.03 bits per heavy atom. The molecule has 2 aliphatic rings. The van der Waals surface area contributed by atoms with E-state index in [-0.39, 0.29) is 29.6 Å². The van der Waals surface area contributed by atoms with Gasteiger partial charge in [-0.1, -0.05) is 44.0 Å². The van der Waals surface area contributed by atoms with Crippen molar-refractivity contribution in [3.63, 3.8) is 0 Å². The standard InChI is InChI=1S/C31H38FN3O3S/c1-5-14-31(6-2,16-20(3)4)33-17-21-10-11-22(25(32)15-21)19-39-27-9-7-8-23-24(27)18-35(30(23)38)26-12-13-28(36)34-29(26)37/h7-11,15,26,33H,3,5-6,12-14,16-19H2,1-2,4H3,(H,34,36,37). The molecule has 2 unspecified atom stereocenters. The number of thioether (sulfide) groups is 1. The molecule has 0 aliphatic carbocycles. The van der Waals surface area contributed by atoms with E-state index in [2.05, 4.69) is 38.0 Å². The molecule has 0 aromatic heterocycles. The Labute approximate surface area is 234 Å². The van der Waals surface area contributed by atoms with Gasteiger partial charge in [0.25, 0.3) is 5.91 Å². The predicted octanol–water partition coefficient (Wildman–Crippen LogP) is 5.88. The number of nitrogens with one attached hydrogen (secondary N) is 2. The van der Waals surface area contributed by atoms with Crippen molar-refractivity contribution in [1.29, 1.82) is 0 Å². The van der Waals surface area contributed by atoms with Crippen LogP contribution in [0, 0.1) is 5.82 Å². The van der Waals surface area contributed by atoms with Crippen LogP contribution in [0.1, 0.15) is 86.3 Å². The zero-order valence-corrected chi connectivity index (χ0v) is 23.9. The quantitative estimate of drug-likeness (QED) is 0.196. The maximum Gasteiger partial charge on any atom is 0.255 e. The van der Waals surface area contributed by atoms with Gasteiger partial charge in [-0.05, 0) is 67.5 Å². The van der Waals surface area contributed by atoms with Crippen molar-refractivity contribution in [1.82, 2.24) is 15.5 Å². The van der Waals surface area contributed by atoms with Gasteiger partial charge in [0, 0.05) is 41.3 Å². The SMILES string of the molecule is C=C(C)CC(CC)(CCC)NCc1ccc(CSc2cccc3c2CN(C2CCC(=O)NC2=O)C3=O)c(F)c1. The summed E-state index contributed by atoms with van der Waals surface area (Å²) in [6.07, 6.45) is 4.53. The molecule has 208 valence electrons. The topological polar surface area (TPSA) is 78.5 Å². The average molecular weight is 552 g/mol. The highest BCUT2D eigenvalue weighted by molar-refractivity contribution is 7.98. The van der Waals surface area contributed by atoms with Gasteiger partial charge in [0.15, 0.2) is 0 Å². The van der Waals surface area contributed by atoms with Crippen LogP contribution in [0.5, 0.6) is 0 Å². The van der Waals surface area contributed by atoms with E-state index in [0.29, 0.717) is 36.4 Å². The first-order valence-electron chi connectivity index (χ1n) is 13.7. The van der Waals surface area contributed by atoms with Crippen molar-refractivity contribution >= 4 is 29.5 Å². The van der Waals surface area contributed by atoms with Crippen molar-refractivity contribution in [3.05, 3.63) is 76.6 Å². The maximum absolute atomic E-state index is 15.1. The number of imide groups is 1. The van der Waals surface area contributed by atoms with E-state index >= 15 is 4.39 Å². The van der Waals surface area contributed by atoms with Gasteiger partial charge in [0.05, 0.1) is 0 Å². The first-order valence-corrected chi connectivity index (χ1v) is 14.7. The summed E-state index contributed by atoms with van der Waals surface area (Å²) in [5.74, 6) is -0.759. The van der Waals surface area contributed by atoms with Crippen LogP contribution < -0.4 is 10.6 Å². The van der Waals surface area contributed by atoms with Crippen molar-refractivity contribution in [2.24, 2.45) is 0 Å². The predicted molar refractivity (Wildman–Crippen MR) is 153 cm³/mol. The van der Waals surface area contributed by atoms with Gasteiger partial charge in [0.1, 0.15) is 11.9 Å². The molecular formula is C31H38FN3O3S. The molecule has 39 heavy (non-hydrogen) atoms. The minimum absolute atomic E-state index is 0.0293. The van der Waals surface area contributed by atoms with Gasteiger partial charge < -0.3 is 10.2 Å². The number of benzene rings is 2. The number of rotatable bonds is 12. The molecule has 2 aliphatic heterocycles. The zero-order chi connectivity index (χ0) is 28.2. The minimum Gasteiger partial charge on any atom is -0.322 e. The molecule has 2 aromatic carbocycles. The van der Waals surface area contributed by atoms with Gasteiger partial charge in [-0.3, -0.25) is 19.7 Å². The number of amides is 3. The Bertz CT molecular complexity index is 1280. The van der Waals surface area contributed by atoms with Crippen LogP contribution in [0.3, 0.4) is 0 Å². The summed E-state index contributed by atoms with van der Waals surface area (Å²) in [6.45, 7) is 11.4. The Morgan fingerprint density at radius 1 is 1.23 bits per heavy atom. The van der Waals surface area contributed by atoms with Crippen molar-refractivity contribution in [3.8, 4) is 0 Å². The highest BCUT2D eigenvalue weighted by atomic mass is 32.2. The fourth-order valence-corrected chi connectivity index (χ4v) is 6.75. The molecule has 0 bridgehead atoms. The van der Waals surface area contributed by atoms with Crippen LogP contribution in [0.2, 0.25) is 0 Å². The summed E-state index contributed by atoms with van der Waals surface area (Å²) >= 11 is 1.49. The van der Waals surface area contributed by atoms with Crippen molar-refractivity contribution < 1.29 is 18.8 Å². The summed E-state index contributed by atoms with van der Waals surface area (Å²) in [6, 6.07) is 10.3. The lowest BCUT2D eigenvalue weighted by Crippen LogP contribution is -2.52. The summed E-state index contributed by atoms with van der Waals surface area (Å²) in [5.41, 5.74) is 4.03. The van der Waals surface area contributed by atoms with E-state index in [0.717, 1.165) is 47.3 Å². The third-order valence-electron chi connectivity index (χ3n) is 7.75. The molecule has 0 spiro atoms. The monoisotopic (exact) mass is 551 g/mol. The second-order valence-electron chi connectivity index (χ2n) is 10.8. The smallest absolute Gasteiger partial charge is 0.255 e. The highest BCUT2D eigenvalue weighted by Gasteiger charge is 2.39. The number of hydrogen-bond acceptors (Lipinski definition) is 5. The van der Waals surface area contributed by atoms with Crippen LogP contribution in [-0.2, 0) is 28.4 Å². The van der Waals surface area contributed by atoms with E-state index in [9.17, 15) is 14.4 Å². The minimum atomic E-state index is -0.654. The van der Waals surface area contributed by atoms with Crippen LogP contribution in [0.25, 0.3) is 0 Å². The zero-order valence-electron chi connectivity index (χ0n) is 23.1. The number of carbonyl (C=O) groups excluding carboxylic acids is 3. The lowest BCUT2D eigenvalue weighted by Gasteiger charge is -2.34. The van der Waals surface area contributed by atoms with E-state index in [1.54, 1.807) is 17.0 Å². The Morgan fingerprint density at radius 3 is 2.69 bits per heavy atom. The molecule has 8 heteroatoms. The molecule has 1 saturated heterocycles. The summed E-state index contributed by atoms with van der Waals surface area (Å²) in [7, 11) is 0. The van der Waals surface area contributed by atoms with Gasteiger partial charge >= 0.3 is 0 Å². The van der Waals surface area contributed by atoms with Gasteiger partial charge in [-0.2, -0.15) is 0 Å². The second kappa shape index (κ2) is 12.5. The largest absolute Gasteiger partial charge is 0.322 e. The van der Waals surface area contributed by atoms with Gasteiger partial charge in [-0.25, -0.2) is 4.39 Å². The lowest BCUT2D eigenvalue weighted by atomic mass is 9.84. The van der Waals surface area contributed by atoms with Crippen LogP contribution in [0.4, 0.5) is 4.39 Å². The summed E-state index contributed by atoms with van der Waals surface area (Å²) < 4.78 is 15.1. The van der Waals surface area contributed by atoms with Crippen molar-refractivity contribution in [2.75, 3.05) is 0 Å². The van der Waals surface area contributed by atoms with E-state index < -0.39 is 11.9 Å².